The van der Waals surface area contributed by atoms with Crippen LogP contribution in [0.5, 0.6) is 0 Å². The number of carboxylic acids is 3. The van der Waals surface area contributed by atoms with E-state index in [2.05, 4.69) is 19.1 Å². The molecule has 0 aliphatic rings. The van der Waals surface area contributed by atoms with Gasteiger partial charge in [0.05, 0.1) is 26.2 Å². The molecule has 0 aromatic heterocycles. The number of unbranched alkanes of at least 4 members (excludes halogenated alkanes) is 9. The van der Waals surface area contributed by atoms with Crippen LogP contribution >= 0.6 is 0 Å². The van der Waals surface area contributed by atoms with Crippen LogP contribution in [0.4, 0.5) is 0 Å². The number of rotatable bonds is 22. The molecule has 0 bridgehead atoms. The van der Waals surface area contributed by atoms with Crippen LogP contribution in [0.3, 0.4) is 0 Å². The molecule has 3 N–H and O–H groups in total. The van der Waals surface area contributed by atoms with Crippen molar-refractivity contribution in [1.82, 2.24) is 0 Å². The summed E-state index contributed by atoms with van der Waals surface area (Å²) in [6.45, 7) is 8.37. The van der Waals surface area contributed by atoms with Gasteiger partial charge in [0.1, 0.15) is 17.8 Å². The number of allylic oxidation sites excluding steroid dienone is 2. The summed E-state index contributed by atoms with van der Waals surface area (Å²) in [7, 11) is 0. The second-order valence-electron chi connectivity index (χ2n) is 10.2. The number of aliphatic carboxylic acids is 3. The zero-order valence-corrected chi connectivity index (χ0v) is 22.0. The minimum atomic E-state index is -0.941. The summed E-state index contributed by atoms with van der Waals surface area (Å²) in [5, 5.41) is 28.4. The molecule has 0 saturated carbocycles. The summed E-state index contributed by atoms with van der Waals surface area (Å²) < 4.78 is 0.211. The van der Waals surface area contributed by atoms with Crippen LogP contribution < -0.4 is 0 Å². The molecule has 0 aromatic rings. The lowest BCUT2D eigenvalue weighted by Gasteiger charge is -2.42. The van der Waals surface area contributed by atoms with Gasteiger partial charge in [-0.3, -0.25) is 14.4 Å². The van der Waals surface area contributed by atoms with Crippen LogP contribution in [-0.4, -0.2) is 63.9 Å². The van der Waals surface area contributed by atoms with Crippen molar-refractivity contribution in [3.05, 3.63) is 12.2 Å². The molecule has 0 fully saturated rings. The Balaban J connectivity index is 4.81. The van der Waals surface area contributed by atoms with E-state index in [-0.39, 0.29) is 24.1 Å². The maximum Gasteiger partial charge on any atom is 0.311 e. The SMILES string of the molecule is CCCCCCCC/C=C/CCCCC[N+](CC(C)C(=O)O)(CC(C)C(=O)O)CC(C)C(=O)O. The highest BCUT2D eigenvalue weighted by molar-refractivity contribution is 5.70. The fourth-order valence-corrected chi connectivity index (χ4v) is 4.64. The molecule has 0 aliphatic carbocycles. The third-order valence-corrected chi connectivity index (χ3v) is 6.64. The van der Waals surface area contributed by atoms with Gasteiger partial charge in [-0.15, -0.1) is 0 Å². The first-order chi connectivity index (χ1) is 16.0. The van der Waals surface area contributed by atoms with E-state index >= 15 is 0 Å². The summed E-state index contributed by atoms with van der Waals surface area (Å²) >= 11 is 0. The standard InChI is InChI=1S/C27H49NO6/c1-5-6-7-8-9-10-11-12-13-14-15-16-17-18-28(19-22(2)25(29)30,20-23(3)26(31)32)21-24(4)27(33)34/h12-13,22-24H,5-11,14-21H2,1-4H3,(H2-,29,30,31,32,33,34)/p+1/b13-12+. The highest BCUT2D eigenvalue weighted by Gasteiger charge is 2.38. The second-order valence-corrected chi connectivity index (χ2v) is 10.2. The van der Waals surface area contributed by atoms with Crippen molar-refractivity contribution in [2.24, 2.45) is 17.8 Å². The number of quaternary nitrogens is 1. The van der Waals surface area contributed by atoms with Crippen LogP contribution in [-0.2, 0) is 14.4 Å². The average molecular weight is 485 g/mol. The van der Waals surface area contributed by atoms with E-state index in [1.807, 2.05) is 0 Å². The molecule has 34 heavy (non-hydrogen) atoms. The van der Waals surface area contributed by atoms with E-state index in [9.17, 15) is 29.7 Å². The fourth-order valence-electron chi connectivity index (χ4n) is 4.64. The van der Waals surface area contributed by atoms with E-state index in [0.29, 0.717) is 6.54 Å². The van der Waals surface area contributed by atoms with Crippen molar-refractivity contribution in [2.75, 3.05) is 26.2 Å². The van der Waals surface area contributed by atoms with Crippen LogP contribution in [0.15, 0.2) is 12.2 Å². The Morgan fingerprint density at radius 2 is 0.971 bits per heavy atom. The molecule has 7 heteroatoms. The van der Waals surface area contributed by atoms with Crippen molar-refractivity contribution in [3.63, 3.8) is 0 Å². The molecule has 0 radical (unpaired) electrons. The first-order valence-electron chi connectivity index (χ1n) is 13.2. The lowest BCUT2D eigenvalue weighted by atomic mass is 10.0. The molecule has 0 rings (SSSR count). The number of hydrogen-bond donors (Lipinski definition) is 3. The Morgan fingerprint density at radius 1 is 0.618 bits per heavy atom. The third-order valence-electron chi connectivity index (χ3n) is 6.64. The molecular weight excluding hydrogens is 434 g/mol. The molecular formula is C27H50NO6+. The Hall–Kier alpha value is -1.89. The van der Waals surface area contributed by atoms with Gasteiger partial charge < -0.3 is 19.8 Å². The topological polar surface area (TPSA) is 112 Å². The van der Waals surface area contributed by atoms with Gasteiger partial charge in [0.2, 0.25) is 0 Å². The van der Waals surface area contributed by atoms with Gasteiger partial charge in [0.15, 0.2) is 0 Å². The van der Waals surface area contributed by atoms with Crippen LogP contribution in [0.25, 0.3) is 0 Å². The Labute approximate surface area is 206 Å². The van der Waals surface area contributed by atoms with Gasteiger partial charge in [0, 0.05) is 0 Å². The zero-order chi connectivity index (χ0) is 26.0. The summed E-state index contributed by atoms with van der Waals surface area (Å²) in [5.41, 5.74) is 0. The monoisotopic (exact) mass is 484 g/mol. The summed E-state index contributed by atoms with van der Waals surface area (Å²) in [6, 6.07) is 0. The number of nitrogens with zero attached hydrogens (tertiary/aromatic N) is 1. The highest BCUT2D eigenvalue weighted by Crippen LogP contribution is 2.22. The predicted octanol–water partition coefficient (Wildman–Crippen LogP) is 5.83. The van der Waals surface area contributed by atoms with Gasteiger partial charge in [-0.05, 0) is 59.3 Å². The minimum Gasteiger partial charge on any atom is -0.481 e. The minimum absolute atomic E-state index is 0.211. The van der Waals surface area contributed by atoms with Crippen molar-refractivity contribution in [2.45, 2.75) is 98.3 Å². The maximum atomic E-state index is 11.6. The van der Waals surface area contributed by atoms with E-state index < -0.39 is 35.7 Å². The normalized spacial score (nSPS) is 16.1. The molecule has 0 saturated heterocycles. The summed E-state index contributed by atoms with van der Waals surface area (Å²) in [4.78, 5) is 34.7. The van der Waals surface area contributed by atoms with Crippen molar-refractivity contribution in [3.8, 4) is 0 Å². The quantitative estimate of drug-likeness (QED) is 0.101. The maximum absolute atomic E-state index is 11.6. The van der Waals surface area contributed by atoms with E-state index in [0.717, 1.165) is 32.1 Å². The summed E-state index contributed by atoms with van der Waals surface area (Å²) in [6.07, 6.45) is 17.2. The molecule has 198 valence electrons. The van der Waals surface area contributed by atoms with E-state index in [1.54, 1.807) is 20.8 Å². The van der Waals surface area contributed by atoms with Crippen molar-refractivity contribution < 1.29 is 34.2 Å². The molecule has 0 amide bonds. The number of carboxylic acid groups (broad SMARTS) is 3. The average Bonchev–Trinajstić information content (AvgIpc) is 2.76. The van der Waals surface area contributed by atoms with Gasteiger partial charge in [-0.25, -0.2) is 0 Å². The second kappa shape index (κ2) is 18.4. The van der Waals surface area contributed by atoms with Crippen molar-refractivity contribution in [1.29, 1.82) is 0 Å². The van der Waals surface area contributed by atoms with Gasteiger partial charge in [-0.1, -0.05) is 51.2 Å². The van der Waals surface area contributed by atoms with E-state index in [4.69, 9.17) is 0 Å². The molecule has 3 unspecified atom stereocenters. The summed E-state index contributed by atoms with van der Waals surface area (Å²) in [5.74, 6) is -4.84. The molecule has 0 heterocycles. The van der Waals surface area contributed by atoms with Crippen molar-refractivity contribution >= 4 is 17.9 Å². The van der Waals surface area contributed by atoms with Gasteiger partial charge in [0.25, 0.3) is 0 Å². The first-order valence-corrected chi connectivity index (χ1v) is 13.2. The van der Waals surface area contributed by atoms with Crippen LogP contribution in [0, 0.1) is 17.8 Å². The molecule has 0 aliphatic heterocycles. The Bertz CT molecular complexity index is 563. The Morgan fingerprint density at radius 3 is 1.35 bits per heavy atom. The largest absolute Gasteiger partial charge is 0.481 e. The predicted molar refractivity (Wildman–Crippen MR) is 136 cm³/mol. The molecule has 7 nitrogen and oxygen atoms in total. The lowest BCUT2D eigenvalue weighted by Crippen LogP contribution is -2.57. The Kier molecular flexibility index (Phi) is 17.4. The number of carbonyl (C=O) groups is 3. The first kappa shape index (κ1) is 32.1. The van der Waals surface area contributed by atoms with E-state index in [1.165, 1.54) is 38.5 Å². The van der Waals surface area contributed by atoms with Crippen LogP contribution in [0.1, 0.15) is 98.3 Å². The highest BCUT2D eigenvalue weighted by atomic mass is 16.4. The molecule has 0 spiro atoms. The zero-order valence-electron chi connectivity index (χ0n) is 22.0. The van der Waals surface area contributed by atoms with Gasteiger partial charge >= 0.3 is 17.9 Å². The van der Waals surface area contributed by atoms with Crippen LogP contribution in [0.2, 0.25) is 0 Å². The fraction of sp³-hybridized carbons (Fsp3) is 0.815. The lowest BCUT2D eigenvalue weighted by molar-refractivity contribution is -0.934. The smallest absolute Gasteiger partial charge is 0.311 e. The third kappa shape index (κ3) is 15.1. The molecule has 3 atom stereocenters. The van der Waals surface area contributed by atoms with Gasteiger partial charge in [-0.2, -0.15) is 0 Å². The number of hydrogen-bond acceptors (Lipinski definition) is 3. The molecule has 0 aromatic carbocycles.